The van der Waals surface area contributed by atoms with Crippen LogP contribution in [-0.2, 0) is 9.59 Å². The van der Waals surface area contributed by atoms with Gasteiger partial charge in [-0.25, -0.2) is 0 Å². The van der Waals surface area contributed by atoms with Gasteiger partial charge in [0, 0.05) is 24.3 Å². The van der Waals surface area contributed by atoms with Crippen molar-refractivity contribution in [3.8, 4) is 0 Å². The van der Waals surface area contributed by atoms with Gasteiger partial charge in [-0.15, -0.1) is 5.11 Å². The summed E-state index contributed by atoms with van der Waals surface area (Å²) in [5.74, 6) is -0.511. The maximum atomic E-state index is 11.1. The number of carbonyl (C=O) groups excluding carboxylic acids is 2. The van der Waals surface area contributed by atoms with Crippen LogP contribution in [0.15, 0.2) is 46.6 Å². The summed E-state index contributed by atoms with van der Waals surface area (Å²) in [6, 6.07) is 6.98. The quantitative estimate of drug-likeness (QED) is 0.844. The summed E-state index contributed by atoms with van der Waals surface area (Å²) in [7, 11) is 0. The number of benzene rings is 1. The Kier molecular flexibility index (Phi) is 3.09. The molecule has 1 aliphatic heterocycles. The lowest BCUT2D eigenvalue weighted by molar-refractivity contribution is -0.115. The third kappa shape index (κ3) is 2.63. The number of azo groups is 1. The van der Waals surface area contributed by atoms with Crippen molar-refractivity contribution in [2.45, 2.75) is 13.0 Å². The molecule has 1 unspecified atom stereocenters. The van der Waals surface area contributed by atoms with Crippen LogP contribution in [-0.4, -0.2) is 11.8 Å². The molecule has 0 aromatic heterocycles. The van der Waals surface area contributed by atoms with E-state index in [4.69, 9.17) is 0 Å². The normalized spacial score (nSPS) is 18.2. The van der Waals surface area contributed by atoms with Crippen molar-refractivity contribution >= 4 is 17.5 Å². The van der Waals surface area contributed by atoms with Crippen molar-refractivity contribution in [2.75, 3.05) is 5.32 Å². The van der Waals surface area contributed by atoms with Crippen LogP contribution in [0.25, 0.3) is 0 Å². The van der Waals surface area contributed by atoms with Crippen LogP contribution in [0.3, 0.4) is 0 Å². The highest BCUT2D eigenvalue weighted by atomic mass is 16.2. The number of carbonyl (C=O) groups is 2. The van der Waals surface area contributed by atoms with E-state index in [1.54, 1.807) is 12.1 Å². The van der Waals surface area contributed by atoms with Crippen LogP contribution in [0.4, 0.5) is 5.69 Å². The van der Waals surface area contributed by atoms with E-state index < -0.39 is 0 Å². The number of nitrogens with zero attached hydrogens (tertiary/aromatic N) is 2. The molecule has 1 N–H and O–H groups in total. The van der Waals surface area contributed by atoms with Crippen molar-refractivity contribution in [2.24, 2.45) is 10.2 Å². The summed E-state index contributed by atoms with van der Waals surface area (Å²) >= 11 is 0. The van der Waals surface area contributed by atoms with Gasteiger partial charge in [0.1, 0.15) is 6.04 Å². The van der Waals surface area contributed by atoms with Gasteiger partial charge in [0.05, 0.1) is 0 Å². The van der Waals surface area contributed by atoms with Crippen molar-refractivity contribution in [1.82, 2.24) is 0 Å². The first kappa shape index (κ1) is 11.2. The molecule has 17 heavy (non-hydrogen) atoms. The van der Waals surface area contributed by atoms with Crippen molar-refractivity contribution in [3.05, 3.63) is 42.0 Å². The van der Waals surface area contributed by atoms with Crippen molar-refractivity contribution < 1.29 is 9.59 Å². The fourth-order valence-electron chi connectivity index (χ4n) is 1.59. The Balaban J connectivity index is 2.32. The van der Waals surface area contributed by atoms with Crippen LogP contribution in [0.2, 0.25) is 0 Å². The highest BCUT2D eigenvalue weighted by Gasteiger charge is 2.15. The molecule has 0 saturated carbocycles. The molecule has 1 heterocycles. The highest BCUT2D eigenvalue weighted by molar-refractivity contribution is 5.90. The number of hydrogen-bond donors (Lipinski definition) is 1. The highest BCUT2D eigenvalue weighted by Crippen LogP contribution is 2.28. The minimum atomic E-state index is -0.363. The molecule has 5 heteroatoms. The molecule has 1 aliphatic rings. The fraction of sp³-hybridized carbons (Fsp3) is 0.167. The van der Waals surface area contributed by atoms with Crippen LogP contribution >= 0.6 is 0 Å². The minimum absolute atomic E-state index is 0.148. The van der Waals surface area contributed by atoms with E-state index in [0.717, 1.165) is 5.56 Å². The predicted octanol–water partition coefficient (Wildman–Crippen LogP) is 2.23. The first-order valence-corrected chi connectivity index (χ1v) is 5.16. The molecule has 86 valence electrons. The Bertz CT molecular complexity index is 504. The Labute approximate surface area is 98.2 Å². The average Bonchev–Trinajstić information content (AvgIpc) is 2.30. The molecule has 0 radical (unpaired) electrons. The smallest absolute Gasteiger partial charge is 0.287 e. The Morgan fingerprint density at radius 2 is 2.12 bits per heavy atom. The summed E-state index contributed by atoms with van der Waals surface area (Å²) in [6.07, 6.45) is 3.04. The van der Waals surface area contributed by atoms with E-state index in [9.17, 15) is 9.59 Å². The molecule has 1 atom stereocenters. The summed E-state index contributed by atoms with van der Waals surface area (Å²) in [5.41, 5.74) is 1.50. The number of rotatable bonds is 2. The summed E-state index contributed by atoms with van der Waals surface area (Å²) in [5, 5.41) is 10.1. The van der Waals surface area contributed by atoms with Gasteiger partial charge in [-0.3, -0.25) is 9.59 Å². The molecule has 2 amide bonds. The zero-order chi connectivity index (χ0) is 12.3. The monoisotopic (exact) mass is 229 g/mol. The van der Waals surface area contributed by atoms with E-state index in [-0.39, 0.29) is 17.9 Å². The molecule has 1 aromatic rings. The largest absolute Gasteiger partial charge is 0.326 e. The Hall–Kier alpha value is -2.30. The lowest BCUT2D eigenvalue weighted by Crippen LogP contribution is -2.09. The lowest BCUT2D eigenvalue weighted by atomic mass is 10.0. The maximum Gasteiger partial charge on any atom is 0.287 e. The summed E-state index contributed by atoms with van der Waals surface area (Å²) < 4.78 is 0. The third-order valence-electron chi connectivity index (χ3n) is 2.29. The second-order valence-electron chi connectivity index (χ2n) is 3.63. The van der Waals surface area contributed by atoms with E-state index in [0.29, 0.717) is 5.69 Å². The molecular formula is C12H11N3O2. The molecule has 0 bridgehead atoms. The van der Waals surface area contributed by atoms with E-state index >= 15 is 0 Å². The number of amides is 2. The lowest BCUT2D eigenvalue weighted by Gasteiger charge is -2.14. The van der Waals surface area contributed by atoms with Crippen LogP contribution in [0.5, 0.6) is 0 Å². The fourth-order valence-corrected chi connectivity index (χ4v) is 1.59. The van der Waals surface area contributed by atoms with Gasteiger partial charge in [-0.1, -0.05) is 18.2 Å². The summed E-state index contributed by atoms with van der Waals surface area (Å²) in [4.78, 5) is 21.9. The zero-order valence-corrected chi connectivity index (χ0v) is 9.25. The van der Waals surface area contributed by atoms with Gasteiger partial charge < -0.3 is 5.32 Å². The van der Waals surface area contributed by atoms with Crippen LogP contribution in [0, 0.1) is 0 Å². The number of nitrogens with one attached hydrogen (secondary N) is 1. The first-order chi connectivity index (χ1) is 8.16. The first-order valence-electron chi connectivity index (χ1n) is 5.16. The molecule has 0 aliphatic carbocycles. The molecule has 5 nitrogen and oxygen atoms in total. The molecule has 0 saturated heterocycles. The molecule has 1 aromatic carbocycles. The van der Waals surface area contributed by atoms with Gasteiger partial charge >= 0.3 is 0 Å². The number of anilines is 1. The van der Waals surface area contributed by atoms with E-state index in [1.807, 2.05) is 18.2 Å². The number of hydrogen-bond acceptors (Lipinski definition) is 3. The molecule has 0 spiro atoms. The van der Waals surface area contributed by atoms with Gasteiger partial charge in [0.2, 0.25) is 5.91 Å². The number of para-hydroxylation sites is 1. The van der Waals surface area contributed by atoms with E-state index in [1.165, 1.54) is 13.0 Å². The van der Waals surface area contributed by atoms with Crippen LogP contribution in [0.1, 0.15) is 18.5 Å². The van der Waals surface area contributed by atoms with Gasteiger partial charge in [-0.2, -0.15) is 5.11 Å². The zero-order valence-electron chi connectivity index (χ0n) is 9.25. The van der Waals surface area contributed by atoms with Gasteiger partial charge in [0.25, 0.3) is 5.91 Å². The van der Waals surface area contributed by atoms with Crippen molar-refractivity contribution in [3.63, 3.8) is 0 Å². The third-order valence-corrected chi connectivity index (χ3v) is 2.29. The van der Waals surface area contributed by atoms with Gasteiger partial charge in [-0.05, 0) is 12.1 Å². The summed E-state index contributed by atoms with van der Waals surface area (Å²) in [6.45, 7) is 1.44. The molecule has 0 fully saturated rings. The predicted molar refractivity (Wildman–Crippen MR) is 62.5 cm³/mol. The Morgan fingerprint density at radius 1 is 1.35 bits per heavy atom. The minimum Gasteiger partial charge on any atom is -0.326 e. The SMILES string of the molecule is CC(=O)Nc1ccccc1C1C=CC(=O)N=N1. The molecule has 2 rings (SSSR count). The average molecular weight is 229 g/mol. The van der Waals surface area contributed by atoms with Gasteiger partial charge in [0.15, 0.2) is 0 Å². The standard InChI is InChI=1S/C12H11N3O2/c1-8(16)13-10-5-3-2-4-9(10)11-6-7-12(17)15-14-11/h2-7,11H,1H3,(H,13,16). The van der Waals surface area contributed by atoms with Crippen LogP contribution < -0.4 is 5.32 Å². The van der Waals surface area contributed by atoms with E-state index in [2.05, 4.69) is 15.5 Å². The second kappa shape index (κ2) is 4.69. The molecular weight excluding hydrogens is 218 g/mol. The maximum absolute atomic E-state index is 11.1. The second-order valence-corrected chi connectivity index (χ2v) is 3.63. The Morgan fingerprint density at radius 3 is 2.76 bits per heavy atom. The van der Waals surface area contributed by atoms with Crippen molar-refractivity contribution in [1.29, 1.82) is 0 Å². The topological polar surface area (TPSA) is 70.9 Å².